The maximum Gasteiger partial charge on any atom is 0.0600 e. The van der Waals surface area contributed by atoms with Gasteiger partial charge in [0.15, 0.2) is 0 Å². The Bertz CT molecular complexity index is 168. The van der Waals surface area contributed by atoms with Crippen molar-refractivity contribution in [3.63, 3.8) is 0 Å². The molecule has 1 aliphatic rings. The van der Waals surface area contributed by atoms with Gasteiger partial charge in [-0.2, -0.15) is 0 Å². The monoisotopic (exact) mass is 229 g/mol. The molecule has 0 spiro atoms. The molecule has 2 N–H and O–H groups in total. The van der Waals surface area contributed by atoms with E-state index in [9.17, 15) is 0 Å². The Morgan fingerprint density at radius 1 is 1.31 bits per heavy atom. The molecule has 0 aromatic carbocycles. The van der Waals surface area contributed by atoms with Crippen LogP contribution in [-0.2, 0) is 4.74 Å². The summed E-state index contributed by atoms with van der Waals surface area (Å²) in [6, 6.07) is 0. The van der Waals surface area contributed by atoms with Crippen LogP contribution in [0.5, 0.6) is 0 Å². The van der Waals surface area contributed by atoms with Gasteiger partial charge < -0.3 is 20.3 Å². The summed E-state index contributed by atoms with van der Waals surface area (Å²) in [6.45, 7) is 6.13. The molecule has 16 heavy (non-hydrogen) atoms. The fourth-order valence-electron chi connectivity index (χ4n) is 2.14. The molecule has 4 nitrogen and oxygen atoms in total. The van der Waals surface area contributed by atoms with E-state index < -0.39 is 0 Å². The first-order chi connectivity index (χ1) is 7.72. The summed E-state index contributed by atoms with van der Waals surface area (Å²) in [5.41, 5.74) is 5.43. The highest BCUT2D eigenvalue weighted by Crippen LogP contribution is 2.13. The number of piperidine rings is 1. The number of rotatable bonds is 7. The van der Waals surface area contributed by atoms with Gasteiger partial charge in [0.2, 0.25) is 0 Å². The number of likely N-dealkylation sites (tertiary alicyclic amines) is 1. The lowest BCUT2D eigenvalue weighted by Gasteiger charge is -2.32. The average Bonchev–Trinajstić information content (AvgIpc) is 2.27. The number of hydrogen-bond acceptors (Lipinski definition) is 4. The summed E-state index contributed by atoms with van der Waals surface area (Å²) in [5.74, 6) is 0. The van der Waals surface area contributed by atoms with Crippen molar-refractivity contribution in [2.75, 3.05) is 53.4 Å². The van der Waals surface area contributed by atoms with Crippen LogP contribution in [-0.4, -0.2) is 69.3 Å². The fraction of sp³-hybridized carbons (Fsp3) is 1.00. The van der Waals surface area contributed by atoms with Crippen molar-refractivity contribution in [2.45, 2.75) is 25.4 Å². The molecule has 1 fully saturated rings. The lowest BCUT2D eigenvalue weighted by atomic mass is 10.1. The van der Waals surface area contributed by atoms with Gasteiger partial charge >= 0.3 is 0 Å². The van der Waals surface area contributed by atoms with Crippen LogP contribution in [0.3, 0.4) is 0 Å². The molecule has 0 saturated carbocycles. The minimum atomic E-state index is 0.452. The first-order valence-corrected chi connectivity index (χ1v) is 6.41. The third kappa shape index (κ3) is 5.80. The van der Waals surface area contributed by atoms with Crippen molar-refractivity contribution in [3.8, 4) is 0 Å². The first kappa shape index (κ1) is 13.9. The Kier molecular flexibility index (Phi) is 6.96. The van der Waals surface area contributed by atoms with E-state index in [-0.39, 0.29) is 0 Å². The first-order valence-electron chi connectivity index (χ1n) is 6.41. The van der Waals surface area contributed by atoms with Gasteiger partial charge in [0.25, 0.3) is 0 Å². The minimum Gasteiger partial charge on any atom is -0.377 e. The van der Waals surface area contributed by atoms with Crippen LogP contribution < -0.4 is 5.73 Å². The predicted molar refractivity (Wildman–Crippen MR) is 67.6 cm³/mol. The Morgan fingerprint density at radius 2 is 2.00 bits per heavy atom. The number of nitrogens with zero attached hydrogens (tertiary/aromatic N) is 2. The maximum atomic E-state index is 5.66. The van der Waals surface area contributed by atoms with Crippen LogP contribution in [0.4, 0.5) is 0 Å². The van der Waals surface area contributed by atoms with Gasteiger partial charge in [-0.25, -0.2) is 0 Å². The lowest BCUT2D eigenvalue weighted by Crippen LogP contribution is -2.38. The minimum absolute atomic E-state index is 0.452. The van der Waals surface area contributed by atoms with Gasteiger partial charge in [0, 0.05) is 19.6 Å². The highest BCUT2D eigenvalue weighted by Gasteiger charge is 2.18. The van der Waals surface area contributed by atoms with Crippen LogP contribution >= 0.6 is 0 Å². The largest absolute Gasteiger partial charge is 0.377 e. The molecule has 1 saturated heterocycles. The van der Waals surface area contributed by atoms with E-state index in [0.717, 1.165) is 0 Å². The molecular weight excluding hydrogens is 202 g/mol. The van der Waals surface area contributed by atoms with Crippen LogP contribution in [0.1, 0.15) is 19.3 Å². The fourth-order valence-corrected chi connectivity index (χ4v) is 2.14. The van der Waals surface area contributed by atoms with Crippen molar-refractivity contribution in [1.82, 2.24) is 9.80 Å². The second kappa shape index (κ2) is 8.01. The molecule has 0 aliphatic carbocycles. The van der Waals surface area contributed by atoms with Gasteiger partial charge in [-0.1, -0.05) is 0 Å². The van der Waals surface area contributed by atoms with E-state index in [1.54, 1.807) is 0 Å². The Balaban J connectivity index is 2.03. The second-order valence-corrected chi connectivity index (χ2v) is 4.86. The zero-order valence-corrected chi connectivity index (χ0v) is 10.8. The molecule has 0 bridgehead atoms. The molecule has 96 valence electrons. The number of hydrogen-bond donors (Lipinski definition) is 1. The van der Waals surface area contributed by atoms with Gasteiger partial charge in [-0.3, -0.25) is 0 Å². The SMILES string of the molecule is CN(C)CCCN1CCC(OCCN)CC1. The average molecular weight is 229 g/mol. The van der Waals surface area contributed by atoms with Crippen LogP contribution in [0.15, 0.2) is 0 Å². The molecule has 0 amide bonds. The highest BCUT2D eigenvalue weighted by atomic mass is 16.5. The molecule has 0 unspecified atom stereocenters. The van der Waals surface area contributed by atoms with Crippen molar-refractivity contribution >= 4 is 0 Å². The van der Waals surface area contributed by atoms with Crippen molar-refractivity contribution < 1.29 is 4.74 Å². The molecule has 4 heteroatoms. The predicted octanol–water partition coefficient (Wildman–Crippen LogP) is 0.378. The summed E-state index contributed by atoms with van der Waals surface area (Å²) >= 11 is 0. The normalized spacial score (nSPS) is 19.5. The number of nitrogens with two attached hydrogens (primary N) is 1. The second-order valence-electron chi connectivity index (χ2n) is 4.86. The molecule has 0 atom stereocenters. The third-order valence-corrected chi connectivity index (χ3v) is 3.09. The highest BCUT2D eigenvalue weighted by molar-refractivity contribution is 4.72. The third-order valence-electron chi connectivity index (χ3n) is 3.09. The van der Waals surface area contributed by atoms with Crippen molar-refractivity contribution in [2.24, 2.45) is 5.73 Å². The van der Waals surface area contributed by atoms with E-state index in [2.05, 4.69) is 23.9 Å². The van der Waals surface area contributed by atoms with E-state index in [0.29, 0.717) is 19.3 Å². The van der Waals surface area contributed by atoms with E-state index in [1.807, 2.05) is 0 Å². The molecular formula is C12H27N3O. The molecule has 1 aliphatic heterocycles. The molecule has 0 aromatic rings. The van der Waals surface area contributed by atoms with Gasteiger partial charge in [0.1, 0.15) is 0 Å². The summed E-state index contributed by atoms with van der Waals surface area (Å²) in [5, 5.41) is 0. The van der Waals surface area contributed by atoms with Gasteiger partial charge in [-0.05, 0) is 46.4 Å². The molecule has 1 rings (SSSR count). The summed E-state index contributed by atoms with van der Waals surface area (Å²) in [7, 11) is 4.26. The Labute approximate surface area is 99.7 Å². The molecule has 0 radical (unpaired) electrons. The van der Waals surface area contributed by atoms with E-state index in [4.69, 9.17) is 10.5 Å². The van der Waals surface area contributed by atoms with Crippen LogP contribution in [0.2, 0.25) is 0 Å². The summed E-state index contributed by atoms with van der Waals surface area (Å²) in [6.07, 6.45) is 4.05. The van der Waals surface area contributed by atoms with Crippen LogP contribution in [0, 0.1) is 0 Å². The lowest BCUT2D eigenvalue weighted by molar-refractivity contribution is 0.0110. The quantitative estimate of drug-likeness (QED) is 0.685. The Morgan fingerprint density at radius 3 is 2.56 bits per heavy atom. The standard InChI is InChI=1S/C12H27N3O/c1-14(2)7-3-8-15-9-4-12(5-10-15)16-11-6-13/h12H,3-11,13H2,1-2H3. The topological polar surface area (TPSA) is 41.7 Å². The zero-order valence-electron chi connectivity index (χ0n) is 10.8. The van der Waals surface area contributed by atoms with Crippen molar-refractivity contribution in [1.29, 1.82) is 0 Å². The number of ether oxygens (including phenoxy) is 1. The molecule has 0 aromatic heterocycles. The summed E-state index contributed by atoms with van der Waals surface area (Å²) < 4.78 is 5.66. The van der Waals surface area contributed by atoms with Crippen LogP contribution in [0.25, 0.3) is 0 Å². The van der Waals surface area contributed by atoms with Crippen molar-refractivity contribution in [3.05, 3.63) is 0 Å². The zero-order chi connectivity index (χ0) is 11.8. The Hall–Kier alpha value is -0.160. The summed E-state index contributed by atoms with van der Waals surface area (Å²) in [4.78, 5) is 4.79. The van der Waals surface area contributed by atoms with E-state index >= 15 is 0 Å². The maximum absolute atomic E-state index is 5.66. The molecule has 1 heterocycles. The van der Waals surface area contributed by atoms with Gasteiger partial charge in [0.05, 0.1) is 12.7 Å². The smallest absolute Gasteiger partial charge is 0.0600 e. The van der Waals surface area contributed by atoms with E-state index in [1.165, 1.54) is 45.4 Å². The van der Waals surface area contributed by atoms with Gasteiger partial charge in [-0.15, -0.1) is 0 Å².